The molecule has 0 spiro atoms. The van der Waals surface area contributed by atoms with Crippen molar-refractivity contribution in [3.05, 3.63) is 76.4 Å². The third-order valence-electron chi connectivity index (χ3n) is 3.72. The number of aliphatic hydroxyl groups is 1. The summed E-state index contributed by atoms with van der Waals surface area (Å²) in [6, 6.07) is 17.6. The zero-order valence-electron chi connectivity index (χ0n) is 13.1. The zero-order valence-corrected chi connectivity index (χ0v) is 13.9. The van der Waals surface area contributed by atoms with Crippen molar-refractivity contribution in [3.63, 3.8) is 0 Å². The lowest BCUT2D eigenvalue weighted by Gasteiger charge is -2.17. The fraction of sp³-hybridized carbons (Fsp3) is 0.150. The Labute approximate surface area is 141 Å². The van der Waals surface area contributed by atoms with Gasteiger partial charge in [0.25, 0.3) is 0 Å². The molecule has 0 saturated heterocycles. The van der Waals surface area contributed by atoms with Gasteiger partial charge in [0, 0.05) is 10.4 Å². The van der Waals surface area contributed by atoms with Crippen LogP contribution >= 0.6 is 11.6 Å². The van der Waals surface area contributed by atoms with Gasteiger partial charge in [0.15, 0.2) is 0 Å². The molecule has 0 aliphatic rings. The quantitative estimate of drug-likeness (QED) is 0.710. The van der Waals surface area contributed by atoms with Crippen LogP contribution in [0.4, 0.5) is 0 Å². The first-order valence-corrected chi connectivity index (χ1v) is 7.87. The van der Waals surface area contributed by atoms with Crippen molar-refractivity contribution < 1.29 is 5.11 Å². The van der Waals surface area contributed by atoms with Crippen LogP contribution in [0.1, 0.15) is 30.7 Å². The van der Waals surface area contributed by atoms with Crippen LogP contribution in [0.25, 0.3) is 23.1 Å². The minimum absolute atomic E-state index is 0.684. The Bertz CT molecular complexity index is 878. The van der Waals surface area contributed by atoms with Gasteiger partial charge < -0.3 is 5.11 Å². The molecular weight excluding hydrogens is 306 g/mol. The molecule has 0 aliphatic carbocycles. The van der Waals surface area contributed by atoms with Crippen molar-refractivity contribution in [2.75, 3.05) is 0 Å². The van der Waals surface area contributed by atoms with E-state index in [9.17, 15) is 5.11 Å². The zero-order chi connectivity index (χ0) is 16.4. The van der Waals surface area contributed by atoms with Gasteiger partial charge in [-0.15, -0.1) is 0 Å². The third-order valence-corrected chi connectivity index (χ3v) is 3.95. The van der Waals surface area contributed by atoms with Gasteiger partial charge in [0.1, 0.15) is 0 Å². The average molecular weight is 324 g/mol. The molecule has 3 rings (SSSR count). The fourth-order valence-corrected chi connectivity index (χ4v) is 2.57. The van der Waals surface area contributed by atoms with E-state index in [1.807, 2.05) is 66.7 Å². The summed E-state index contributed by atoms with van der Waals surface area (Å²) in [5.74, 6) is 0. The Kier molecular flexibility index (Phi) is 4.20. The molecule has 0 radical (unpaired) electrons. The smallest absolute Gasteiger partial charge is 0.0840 e. The van der Waals surface area contributed by atoms with Gasteiger partial charge >= 0.3 is 0 Å². The Balaban J connectivity index is 1.91. The number of aromatic nitrogens is 1. The first kappa shape index (κ1) is 15.7. The standard InChI is InChI=1S/C20H18ClNO/c1-20(2,23)16-5-3-4-14(12-16)6-10-18-11-8-15-7-9-17(21)13-19(15)22-18/h3-13,23H,1-2H3. The number of pyridine rings is 1. The molecular formula is C20H18ClNO. The van der Waals surface area contributed by atoms with Crippen LogP contribution in [-0.2, 0) is 5.60 Å². The van der Waals surface area contributed by atoms with Crippen molar-refractivity contribution in [2.45, 2.75) is 19.4 Å². The maximum atomic E-state index is 10.1. The van der Waals surface area contributed by atoms with E-state index in [-0.39, 0.29) is 0 Å². The van der Waals surface area contributed by atoms with Crippen molar-refractivity contribution >= 4 is 34.7 Å². The predicted molar refractivity (Wildman–Crippen MR) is 97.4 cm³/mol. The summed E-state index contributed by atoms with van der Waals surface area (Å²) >= 11 is 6.02. The molecule has 23 heavy (non-hydrogen) atoms. The molecule has 3 aromatic rings. The molecule has 0 atom stereocenters. The van der Waals surface area contributed by atoms with Gasteiger partial charge in [0.2, 0.25) is 0 Å². The van der Waals surface area contributed by atoms with E-state index >= 15 is 0 Å². The summed E-state index contributed by atoms with van der Waals surface area (Å²) in [6.07, 6.45) is 3.96. The molecule has 0 amide bonds. The molecule has 1 heterocycles. The normalized spacial score (nSPS) is 12.2. The summed E-state index contributed by atoms with van der Waals surface area (Å²) < 4.78 is 0. The van der Waals surface area contributed by atoms with Crippen molar-refractivity contribution in [1.29, 1.82) is 0 Å². The van der Waals surface area contributed by atoms with E-state index in [2.05, 4.69) is 4.98 Å². The van der Waals surface area contributed by atoms with Crippen LogP contribution in [0.2, 0.25) is 5.02 Å². The number of hydrogen-bond acceptors (Lipinski definition) is 2. The highest BCUT2D eigenvalue weighted by Crippen LogP contribution is 2.22. The molecule has 2 aromatic carbocycles. The molecule has 0 bridgehead atoms. The second-order valence-corrected chi connectivity index (χ2v) is 6.53. The summed E-state index contributed by atoms with van der Waals surface area (Å²) in [7, 11) is 0. The van der Waals surface area contributed by atoms with Crippen molar-refractivity contribution in [2.24, 2.45) is 0 Å². The largest absolute Gasteiger partial charge is 0.386 e. The monoisotopic (exact) mass is 323 g/mol. The van der Waals surface area contributed by atoms with Gasteiger partial charge in [-0.25, -0.2) is 4.98 Å². The minimum atomic E-state index is -0.845. The minimum Gasteiger partial charge on any atom is -0.386 e. The number of fused-ring (bicyclic) bond motifs is 1. The Morgan fingerprint density at radius 2 is 1.78 bits per heavy atom. The van der Waals surface area contributed by atoms with E-state index < -0.39 is 5.60 Å². The highest BCUT2D eigenvalue weighted by atomic mass is 35.5. The lowest BCUT2D eigenvalue weighted by atomic mass is 9.96. The molecule has 0 fully saturated rings. The fourth-order valence-electron chi connectivity index (χ4n) is 2.40. The van der Waals surface area contributed by atoms with Crippen LogP contribution in [0, 0.1) is 0 Å². The Hall–Kier alpha value is -2.16. The lowest BCUT2D eigenvalue weighted by Crippen LogP contribution is -2.15. The molecule has 0 unspecified atom stereocenters. The maximum Gasteiger partial charge on any atom is 0.0840 e. The van der Waals surface area contributed by atoms with Crippen LogP contribution in [0.5, 0.6) is 0 Å². The number of nitrogens with zero attached hydrogens (tertiary/aromatic N) is 1. The van der Waals surface area contributed by atoms with Crippen LogP contribution in [0.3, 0.4) is 0 Å². The second-order valence-electron chi connectivity index (χ2n) is 6.09. The molecule has 1 N–H and O–H groups in total. The van der Waals surface area contributed by atoms with Gasteiger partial charge in [-0.05, 0) is 55.3 Å². The van der Waals surface area contributed by atoms with Crippen LogP contribution < -0.4 is 0 Å². The van der Waals surface area contributed by atoms with Crippen LogP contribution in [-0.4, -0.2) is 10.1 Å². The molecule has 3 heteroatoms. The van der Waals surface area contributed by atoms with Gasteiger partial charge in [0.05, 0.1) is 16.8 Å². The molecule has 2 nitrogen and oxygen atoms in total. The van der Waals surface area contributed by atoms with Crippen LogP contribution in [0.15, 0.2) is 54.6 Å². The van der Waals surface area contributed by atoms with Crippen molar-refractivity contribution in [1.82, 2.24) is 4.98 Å². The first-order valence-electron chi connectivity index (χ1n) is 7.49. The topological polar surface area (TPSA) is 33.1 Å². The van der Waals surface area contributed by atoms with Gasteiger partial charge in [-0.1, -0.05) is 48.0 Å². The maximum absolute atomic E-state index is 10.1. The first-order chi connectivity index (χ1) is 10.9. The van der Waals surface area contributed by atoms with E-state index in [4.69, 9.17) is 11.6 Å². The van der Waals surface area contributed by atoms with E-state index in [0.717, 1.165) is 27.7 Å². The molecule has 0 aliphatic heterocycles. The number of rotatable bonds is 3. The second kappa shape index (κ2) is 6.15. The molecule has 1 aromatic heterocycles. The van der Waals surface area contributed by atoms with Gasteiger partial charge in [-0.2, -0.15) is 0 Å². The Morgan fingerprint density at radius 1 is 1.00 bits per heavy atom. The summed E-state index contributed by atoms with van der Waals surface area (Å²) in [5, 5.41) is 11.8. The summed E-state index contributed by atoms with van der Waals surface area (Å²) in [6.45, 7) is 3.56. The third kappa shape index (κ3) is 3.79. The molecule has 0 saturated carbocycles. The summed E-state index contributed by atoms with van der Waals surface area (Å²) in [4.78, 5) is 4.60. The van der Waals surface area contributed by atoms with E-state index in [1.54, 1.807) is 13.8 Å². The predicted octanol–water partition coefficient (Wildman–Crippen LogP) is 5.29. The lowest BCUT2D eigenvalue weighted by molar-refractivity contribution is 0.0786. The SMILES string of the molecule is CC(C)(O)c1cccc(C=Cc2ccc3ccc(Cl)cc3n2)c1. The average Bonchev–Trinajstić information content (AvgIpc) is 2.52. The number of benzene rings is 2. The number of hydrogen-bond donors (Lipinski definition) is 1. The molecule has 116 valence electrons. The van der Waals surface area contributed by atoms with Gasteiger partial charge in [-0.3, -0.25) is 0 Å². The van der Waals surface area contributed by atoms with Crippen molar-refractivity contribution in [3.8, 4) is 0 Å². The summed E-state index contributed by atoms with van der Waals surface area (Å²) in [5.41, 5.74) is 2.82. The Morgan fingerprint density at radius 3 is 2.57 bits per heavy atom. The van der Waals surface area contributed by atoms with E-state index in [0.29, 0.717) is 5.02 Å². The number of halogens is 1. The highest BCUT2D eigenvalue weighted by molar-refractivity contribution is 6.31. The van der Waals surface area contributed by atoms with E-state index in [1.165, 1.54) is 0 Å². The highest BCUT2D eigenvalue weighted by Gasteiger charge is 2.15.